The van der Waals surface area contributed by atoms with E-state index in [0.29, 0.717) is 22.9 Å². The normalized spacial score (nSPS) is 20.1. The van der Waals surface area contributed by atoms with E-state index in [9.17, 15) is 19.7 Å². The number of carbonyl (C=O) groups is 1. The van der Waals surface area contributed by atoms with E-state index >= 15 is 0 Å². The van der Waals surface area contributed by atoms with E-state index in [1.165, 1.54) is 29.4 Å². The Morgan fingerprint density at radius 2 is 1.81 bits per heavy atom. The lowest BCUT2D eigenvalue weighted by atomic mass is 9.67. The van der Waals surface area contributed by atoms with Gasteiger partial charge in [-0.1, -0.05) is 0 Å². The van der Waals surface area contributed by atoms with Crippen molar-refractivity contribution in [3.8, 4) is 23.9 Å². The van der Waals surface area contributed by atoms with Crippen LogP contribution in [0.5, 0.6) is 11.5 Å². The van der Waals surface area contributed by atoms with Crippen molar-refractivity contribution in [2.24, 2.45) is 11.3 Å². The third-order valence-corrected chi connectivity index (χ3v) is 9.21. The first-order chi connectivity index (χ1) is 20.6. The molecule has 1 aromatic carbocycles. The van der Waals surface area contributed by atoms with Crippen molar-refractivity contribution in [3.05, 3.63) is 42.1 Å². The standard InChI is InChI=1S/C32H41FN8O2/c1-22(2)41(23(3)4)31(42)27-13-25(33)5-6-28(27)43-29-14-36-21-37-30(29)39-12-9-24(16-39)15-38-17-32(18-38)10-7-26(8-11-32)40(19-34)20-35/h5-6,13-14,21-24,26H,7-12,15-18H2,1-4H3. The fourth-order valence-electron chi connectivity index (χ4n) is 7.25. The van der Waals surface area contributed by atoms with Crippen molar-refractivity contribution < 1.29 is 13.9 Å². The van der Waals surface area contributed by atoms with Gasteiger partial charge < -0.3 is 19.4 Å². The van der Waals surface area contributed by atoms with Gasteiger partial charge in [-0.2, -0.15) is 10.5 Å². The molecule has 0 bridgehead atoms. The molecule has 2 aliphatic heterocycles. The molecule has 3 heterocycles. The van der Waals surface area contributed by atoms with Crippen molar-refractivity contribution in [3.63, 3.8) is 0 Å². The monoisotopic (exact) mass is 588 g/mol. The van der Waals surface area contributed by atoms with Crippen molar-refractivity contribution in [1.29, 1.82) is 10.5 Å². The lowest BCUT2D eigenvalue weighted by molar-refractivity contribution is -0.0439. The summed E-state index contributed by atoms with van der Waals surface area (Å²) in [7, 11) is 0. The number of likely N-dealkylation sites (tertiary alicyclic amines) is 1. The number of hydrogen-bond donors (Lipinski definition) is 0. The largest absolute Gasteiger partial charge is 0.451 e. The summed E-state index contributed by atoms with van der Waals surface area (Å²) in [6.45, 7) is 12.6. The molecule has 1 saturated carbocycles. The Bertz CT molecular complexity index is 1360. The number of amides is 1. The maximum Gasteiger partial charge on any atom is 0.258 e. The third-order valence-electron chi connectivity index (χ3n) is 9.21. The van der Waals surface area contributed by atoms with Gasteiger partial charge in [0.05, 0.1) is 17.8 Å². The fraction of sp³-hybridized carbons (Fsp3) is 0.594. The van der Waals surface area contributed by atoms with Crippen molar-refractivity contribution >= 4 is 11.7 Å². The van der Waals surface area contributed by atoms with Crippen LogP contribution in [-0.2, 0) is 0 Å². The summed E-state index contributed by atoms with van der Waals surface area (Å²) in [6.07, 6.45) is 12.1. The average molecular weight is 589 g/mol. The molecule has 1 unspecified atom stereocenters. The molecule has 0 N–H and O–H groups in total. The van der Waals surface area contributed by atoms with E-state index in [0.717, 1.165) is 64.8 Å². The summed E-state index contributed by atoms with van der Waals surface area (Å²) in [4.78, 5) is 29.9. The first-order valence-electron chi connectivity index (χ1n) is 15.3. The molecule has 1 aliphatic carbocycles. The highest BCUT2D eigenvalue weighted by atomic mass is 19.1. The summed E-state index contributed by atoms with van der Waals surface area (Å²) in [5.41, 5.74) is 0.495. The molecule has 11 heteroatoms. The first kappa shape index (κ1) is 30.5. The summed E-state index contributed by atoms with van der Waals surface area (Å²) in [5, 5.41) is 18.3. The number of nitrogens with zero attached hydrogens (tertiary/aromatic N) is 8. The Labute approximate surface area is 253 Å². The predicted molar refractivity (Wildman–Crippen MR) is 159 cm³/mol. The molecule has 2 aromatic rings. The Hall–Kier alpha value is -3.96. The highest BCUT2D eigenvalue weighted by Crippen LogP contribution is 2.45. The van der Waals surface area contributed by atoms with Crippen LogP contribution in [0.2, 0.25) is 0 Å². The Kier molecular flexibility index (Phi) is 9.03. The van der Waals surface area contributed by atoms with Gasteiger partial charge in [0, 0.05) is 44.8 Å². The van der Waals surface area contributed by atoms with E-state index in [2.05, 4.69) is 19.8 Å². The van der Waals surface area contributed by atoms with E-state index < -0.39 is 5.82 Å². The number of carbonyl (C=O) groups excluding carboxylic acids is 1. The Morgan fingerprint density at radius 1 is 1.12 bits per heavy atom. The topological polar surface area (TPSA) is 113 Å². The molecule has 43 heavy (non-hydrogen) atoms. The van der Waals surface area contributed by atoms with Gasteiger partial charge in [0.1, 0.15) is 17.9 Å². The van der Waals surface area contributed by atoms with Crippen molar-refractivity contribution in [2.45, 2.75) is 77.9 Å². The van der Waals surface area contributed by atoms with Crippen molar-refractivity contribution in [1.82, 2.24) is 24.7 Å². The van der Waals surface area contributed by atoms with E-state index in [1.54, 1.807) is 11.1 Å². The molecule has 0 radical (unpaired) electrons. The average Bonchev–Trinajstić information content (AvgIpc) is 3.43. The van der Waals surface area contributed by atoms with Crippen LogP contribution in [0.1, 0.15) is 70.2 Å². The van der Waals surface area contributed by atoms with Crippen LogP contribution in [0.3, 0.4) is 0 Å². The zero-order chi connectivity index (χ0) is 30.7. The van der Waals surface area contributed by atoms with Crippen LogP contribution in [0.25, 0.3) is 0 Å². The number of anilines is 1. The van der Waals surface area contributed by atoms with Gasteiger partial charge in [-0.05, 0) is 89.3 Å². The van der Waals surface area contributed by atoms with Gasteiger partial charge in [0.2, 0.25) is 0 Å². The van der Waals surface area contributed by atoms with Crippen LogP contribution in [-0.4, -0.2) is 81.4 Å². The summed E-state index contributed by atoms with van der Waals surface area (Å²) < 4.78 is 20.6. The first-order valence-corrected chi connectivity index (χ1v) is 15.3. The summed E-state index contributed by atoms with van der Waals surface area (Å²) in [6, 6.07) is 3.96. The molecule has 10 nitrogen and oxygen atoms in total. The van der Waals surface area contributed by atoms with E-state index in [1.807, 2.05) is 40.1 Å². The second-order valence-electron chi connectivity index (χ2n) is 12.9. The van der Waals surface area contributed by atoms with Gasteiger partial charge in [-0.15, -0.1) is 0 Å². The molecule has 228 valence electrons. The maximum absolute atomic E-state index is 14.3. The van der Waals surface area contributed by atoms with Crippen LogP contribution in [0, 0.1) is 40.1 Å². The molecule has 1 amide bonds. The molecule has 5 rings (SSSR count). The summed E-state index contributed by atoms with van der Waals surface area (Å²) in [5.74, 6) is 1.08. The molecular formula is C32H41FN8O2. The second-order valence-corrected chi connectivity index (χ2v) is 12.9. The van der Waals surface area contributed by atoms with E-state index in [-0.39, 0.29) is 35.3 Å². The maximum atomic E-state index is 14.3. The number of aromatic nitrogens is 2. The van der Waals surface area contributed by atoms with Crippen molar-refractivity contribution in [2.75, 3.05) is 37.6 Å². The van der Waals surface area contributed by atoms with Gasteiger partial charge in [0.15, 0.2) is 24.0 Å². The molecule has 3 aliphatic rings. The minimum atomic E-state index is -0.498. The second kappa shape index (κ2) is 12.7. The number of halogens is 1. The zero-order valence-corrected chi connectivity index (χ0v) is 25.5. The Morgan fingerprint density at radius 3 is 2.47 bits per heavy atom. The van der Waals surface area contributed by atoms with Crippen LogP contribution < -0.4 is 9.64 Å². The van der Waals surface area contributed by atoms with Gasteiger partial charge in [-0.3, -0.25) is 4.79 Å². The lowest BCUT2D eigenvalue weighted by Crippen LogP contribution is -2.59. The molecule has 1 atom stereocenters. The molecular weight excluding hydrogens is 547 g/mol. The predicted octanol–water partition coefficient (Wildman–Crippen LogP) is 5.00. The number of nitriles is 2. The molecule has 1 spiro atoms. The number of rotatable bonds is 9. The third kappa shape index (κ3) is 6.52. The highest BCUT2D eigenvalue weighted by molar-refractivity contribution is 5.97. The van der Waals surface area contributed by atoms with Crippen LogP contribution in [0.15, 0.2) is 30.7 Å². The smallest absolute Gasteiger partial charge is 0.258 e. The quantitative estimate of drug-likeness (QED) is 0.295. The summed E-state index contributed by atoms with van der Waals surface area (Å²) >= 11 is 0. The van der Waals surface area contributed by atoms with Gasteiger partial charge >= 0.3 is 0 Å². The molecule has 3 fully saturated rings. The van der Waals surface area contributed by atoms with Gasteiger partial charge in [-0.25, -0.2) is 19.3 Å². The van der Waals surface area contributed by atoms with Crippen LogP contribution >= 0.6 is 0 Å². The molecule has 1 aromatic heterocycles. The minimum Gasteiger partial charge on any atom is -0.451 e. The van der Waals surface area contributed by atoms with E-state index in [4.69, 9.17) is 4.74 Å². The highest BCUT2D eigenvalue weighted by Gasteiger charge is 2.46. The number of ether oxygens (including phenoxy) is 1. The number of hydrogen-bond acceptors (Lipinski definition) is 9. The molecule has 2 saturated heterocycles. The SMILES string of the molecule is CC(C)N(C(=O)c1cc(F)ccc1Oc1cncnc1N1CCC(CN2CC3(CCC(N(C#N)C#N)CC3)C2)C1)C(C)C. The number of benzene rings is 1. The van der Waals surface area contributed by atoms with Crippen LogP contribution in [0.4, 0.5) is 10.2 Å². The fourth-order valence-corrected chi connectivity index (χ4v) is 7.25. The zero-order valence-electron chi connectivity index (χ0n) is 25.5. The van der Waals surface area contributed by atoms with Gasteiger partial charge in [0.25, 0.3) is 5.91 Å². The lowest BCUT2D eigenvalue weighted by Gasteiger charge is -2.54. The minimum absolute atomic E-state index is 0.0517. The Balaban J connectivity index is 1.21.